The molecule has 3 nitrogen and oxygen atoms in total. The summed E-state index contributed by atoms with van der Waals surface area (Å²) >= 11 is 2.29. The van der Waals surface area contributed by atoms with Crippen LogP contribution in [-0.2, 0) is 4.79 Å². The van der Waals surface area contributed by atoms with Crippen LogP contribution in [0.15, 0.2) is 40.5 Å². The third-order valence-electron chi connectivity index (χ3n) is 4.68. The summed E-state index contributed by atoms with van der Waals surface area (Å²) in [6.45, 7) is 6.13. The molecule has 0 saturated carbocycles. The van der Waals surface area contributed by atoms with Crippen molar-refractivity contribution in [3.8, 4) is 6.07 Å². The first-order valence-electron chi connectivity index (χ1n) is 7.79. The first-order valence-corrected chi connectivity index (χ1v) is 8.87. The van der Waals surface area contributed by atoms with Gasteiger partial charge in [-0.15, -0.1) is 0 Å². The molecule has 0 fully saturated rings. The Morgan fingerprint density at radius 3 is 2.65 bits per heavy atom. The van der Waals surface area contributed by atoms with Gasteiger partial charge in [-0.2, -0.15) is 5.26 Å². The van der Waals surface area contributed by atoms with Crippen LogP contribution >= 0.6 is 22.6 Å². The molecule has 0 bridgehead atoms. The molecule has 118 valence electrons. The van der Waals surface area contributed by atoms with Gasteiger partial charge in [-0.3, -0.25) is 9.79 Å². The number of carbonyl (C=O) groups excluding carboxylic acids is 1. The van der Waals surface area contributed by atoms with Crippen LogP contribution in [0.4, 0.5) is 0 Å². The van der Waals surface area contributed by atoms with Crippen LogP contribution in [0.2, 0.25) is 0 Å². The summed E-state index contributed by atoms with van der Waals surface area (Å²) in [5.74, 6) is -0.406. The maximum absolute atomic E-state index is 12.9. The van der Waals surface area contributed by atoms with Crippen LogP contribution in [0.3, 0.4) is 0 Å². The summed E-state index contributed by atoms with van der Waals surface area (Å²) in [6, 6.07) is 10.4. The Kier molecular flexibility index (Phi) is 4.18. The Labute approximate surface area is 150 Å². The number of nitriles is 1. The van der Waals surface area contributed by atoms with Gasteiger partial charge in [-0.1, -0.05) is 32.0 Å². The van der Waals surface area contributed by atoms with Gasteiger partial charge in [0.15, 0.2) is 5.78 Å². The summed E-state index contributed by atoms with van der Waals surface area (Å²) in [7, 11) is 0. The number of hydrogen-bond acceptors (Lipinski definition) is 3. The van der Waals surface area contributed by atoms with Crippen LogP contribution in [0, 0.1) is 26.2 Å². The fraction of sp³-hybridized carbons (Fsp3) is 0.421. The molecule has 2 aliphatic rings. The van der Waals surface area contributed by atoms with Crippen molar-refractivity contribution in [3.05, 3.63) is 44.7 Å². The van der Waals surface area contributed by atoms with Gasteiger partial charge in [-0.05, 0) is 53.0 Å². The van der Waals surface area contributed by atoms with E-state index in [-0.39, 0.29) is 23.0 Å². The Morgan fingerprint density at radius 1 is 1.30 bits per heavy atom. The summed E-state index contributed by atoms with van der Waals surface area (Å²) in [6.07, 6.45) is 1.32. The average Bonchev–Trinajstić information content (AvgIpc) is 2.45. The highest BCUT2D eigenvalue weighted by Gasteiger charge is 2.43. The molecule has 1 aliphatic heterocycles. The smallest absolute Gasteiger partial charge is 0.161 e. The molecule has 0 amide bonds. The molecule has 23 heavy (non-hydrogen) atoms. The number of hydrogen-bond donors (Lipinski definition) is 0. The molecular formula is C19H19IN2O. The SMILES string of the molecule is CC1=NC2=C(C(=O)CC(C)(C)C2)C(c2ccccc2I)C1C#N. The molecule has 1 heterocycles. The lowest BCUT2D eigenvalue weighted by molar-refractivity contribution is -0.118. The lowest BCUT2D eigenvalue weighted by Gasteiger charge is -2.38. The Balaban J connectivity index is 2.22. The predicted octanol–water partition coefficient (Wildman–Crippen LogP) is 4.63. The van der Waals surface area contributed by atoms with Crippen molar-refractivity contribution in [1.82, 2.24) is 0 Å². The number of halogens is 1. The van der Waals surface area contributed by atoms with Crippen molar-refractivity contribution in [1.29, 1.82) is 5.26 Å². The molecule has 1 aromatic carbocycles. The average molecular weight is 418 g/mol. The largest absolute Gasteiger partial charge is 0.294 e. The standard InChI is InChI=1S/C19H19IN2O/c1-11-13(10-21)17(12-6-4-5-7-14(12)20)18-15(22-11)8-19(2,3)9-16(18)23/h4-7,13,17H,8-9H2,1-3H3. The first kappa shape index (κ1) is 16.4. The summed E-state index contributed by atoms with van der Waals surface area (Å²) in [5.41, 5.74) is 3.48. The zero-order chi connectivity index (χ0) is 16.8. The van der Waals surface area contributed by atoms with E-state index < -0.39 is 0 Å². The van der Waals surface area contributed by atoms with E-state index in [9.17, 15) is 10.1 Å². The number of nitrogens with zero attached hydrogens (tertiary/aromatic N) is 2. The van der Waals surface area contributed by atoms with Crippen molar-refractivity contribution in [2.75, 3.05) is 0 Å². The third kappa shape index (κ3) is 2.87. The molecule has 1 aliphatic carbocycles. The van der Waals surface area contributed by atoms with Crippen LogP contribution < -0.4 is 0 Å². The fourth-order valence-electron chi connectivity index (χ4n) is 3.68. The number of benzene rings is 1. The second-order valence-electron chi connectivity index (χ2n) is 7.16. The van der Waals surface area contributed by atoms with E-state index in [0.29, 0.717) is 6.42 Å². The summed E-state index contributed by atoms with van der Waals surface area (Å²) in [4.78, 5) is 17.5. The van der Waals surface area contributed by atoms with Crippen molar-refractivity contribution >= 4 is 34.1 Å². The fourth-order valence-corrected chi connectivity index (χ4v) is 4.40. The van der Waals surface area contributed by atoms with E-state index in [4.69, 9.17) is 0 Å². The number of carbonyl (C=O) groups is 1. The second-order valence-corrected chi connectivity index (χ2v) is 8.32. The first-order chi connectivity index (χ1) is 10.8. The summed E-state index contributed by atoms with van der Waals surface area (Å²) < 4.78 is 1.09. The highest BCUT2D eigenvalue weighted by atomic mass is 127. The molecule has 3 rings (SSSR count). The number of Topliss-reactive ketones (excluding diaryl/α,β-unsaturated/α-hetero) is 1. The molecule has 4 heteroatoms. The van der Waals surface area contributed by atoms with Gasteiger partial charge < -0.3 is 0 Å². The van der Waals surface area contributed by atoms with E-state index in [2.05, 4.69) is 47.5 Å². The Hall–Kier alpha value is -1.48. The van der Waals surface area contributed by atoms with Crippen LogP contribution in [0.1, 0.15) is 45.1 Å². The van der Waals surface area contributed by atoms with Gasteiger partial charge in [0.25, 0.3) is 0 Å². The second kappa shape index (κ2) is 5.86. The minimum absolute atomic E-state index is 0.0619. The highest BCUT2D eigenvalue weighted by molar-refractivity contribution is 14.1. The third-order valence-corrected chi connectivity index (χ3v) is 5.66. The molecule has 0 radical (unpaired) electrons. The van der Waals surface area contributed by atoms with Gasteiger partial charge in [0.2, 0.25) is 0 Å². The molecule has 1 aromatic rings. The molecule has 0 saturated heterocycles. The number of aliphatic imine (C=N–C) groups is 1. The minimum atomic E-state index is -0.366. The molecular weight excluding hydrogens is 399 g/mol. The number of rotatable bonds is 1. The van der Waals surface area contributed by atoms with Gasteiger partial charge in [0.05, 0.1) is 12.0 Å². The maximum atomic E-state index is 12.9. The molecule has 0 aromatic heterocycles. The zero-order valence-corrected chi connectivity index (χ0v) is 15.7. The van der Waals surface area contributed by atoms with Crippen LogP contribution in [0.25, 0.3) is 0 Å². The van der Waals surface area contributed by atoms with E-state index in [1.807, 2.05) is 31.2 Å². The zero-order valence-electron chi connectivity index (χ0n) is 13.6. The van der Waals surface area contributed by atoms with Crippen molar-refractivity contribution in [2.24, 2.45) is 16.3 Å². The number of ketones is 1. The van der Waals surface area contributed by atoms with Crippen LogP contribution in [-0.4, -0.2) is 11.5 Å². The Bertz CT molecular complexity index is 783. The summed E-state index contributed by atoms with van der Waals surface area (Å²) in [5, 5.41) is 9.70. The van der Waals surface area contributed by atoms with Gasteiger partial charge in [0, 0.05) is 32.9 Å². The lowest BCUT2D eigenvalue weighted by atomic mass is 9.67. The van der Waals surface area contributed by atoms with Crippen LogP contribution in [0.5, 0.6) is 0 Å². The quantitative estimate of drug-likeness (QED) is 0.625. The van der Waals surface area contributed by atoms with Gasteiger partial charge >= 0.3 is 0 Å². The topological polar surface area (TPSA) is 53.2 Å². The normalized spacial score (nSPS) is 26.4. The van der Waals surface area contributed by atoms with E-state index in [1.54, 1.807) is 0 Å². The Morgan fingerprint density at radius 2 is 2.00 bits per heavy atom. The van der Waals surface area contributed by atoms with Gasteiger partial charge in [-0.25, -0.2) is 0 Å². The predicted molar refractivity (Wildman–Crippen MR) is 99.2 cm³/mol. The molecule has 2 unspecified atom stereocenters. The minimum Gasteiger partial charge on any atom is -0.294 e. The van der Waals surface area contributed by atoms with E-state index >= 15 is 0 Å². The highest BCUT2D eigenvalue weighted by Crippen LogP contribution is 2.48. The maximum Gasteiger partial charge on any atom is 0.161 e. The van der Waals surface area contributed by atoms with E-state index in [0.717, 1.165) is 32.5 Å². The van der Waals surface area contributed by atoms with E-state index in [1.165, 1.54) is 0 Å². The van der Waals surface area contributed by atoms with Crippen molar-refractivity contribution in [3.63, 3.8) is 0 Å². The van der Waals surface area contributed by atoms with Crippen molar-refractivity contribution < 1.29 is 4.79 Å². The monoisotopic (exact) mass is 418 g/mol. The lowest BCUT2D eigenvalue weighted by Crippen LogP contribution is -2.35. The molecule has 0 N–H and O–H groups in total. The molecule has 2 atom stereocenters. The van der Waals surface area contributed by atoms with Gasteiger partial charge in [0.1, 0.15) is 0 Å². The van der Waals surface area contributed by atoms with Crippen molar-refractivity contribution in [2.45, 2.75) is 39.5 Å². The number of allylic oxidation sites excluding steroid dienone is 2. The molecule has 0 spiro atoms.